The number of halogens is 1. The van der Waals surface area contributed by atoms with Crippen molar-refractivity contribution in [3.8, 4) is 5.75 Å². The Hall–Kier alpha value is -1.63. The molecular formula is C11H12FNO4S. The Morgan fingerprint density at radius 1 is 1.33 bits per heavy atom. The van der Waals surface area contributed by atoms with Crippen LogP contribution in [0.4, 0.5) is 3.89 Å². The van der Waals surface area contributed by atoms with Crippen LogP contribution in [-0.2, 0) is 15.0 Å². The average molecular weight is 273 g/mol. The van der Waals surface area contributed by atoms with E-state index in [4.69, 9.17) is 4.74 Å². The molecule has 0 saturated heterocycles. The number of nitrogens with one attached hydrogen (secondary N) is 1. The van der Waals surface area contributed by atoms with Crippen LogP contribution in [0, 0.1) is 0 Å². The molecule has 0 radical (unpaired) electrons. The monoisotopic (exact) mass is 273 g/mol. The predicted molar refractivity (Wildman–Crippen MR) is 61.4 cm³/mol. The van der Waals surface area contributed by atoms with Crippen molar-refractivity contribution in [2.45, 2.75) is 23.8 Å². The maximum atomic E-state index is 12.6. The van der Waals surface area contributed by atoms with Gasteiger partial charge < -0.3 is 10.1 Å². The molecule has 1 fully saturated rings. The fourth-order valence-corrected chi connectivity index (χ4v) is 1.81. The van der Waals surface area contributed by atoms with Crippen molar-refractivity contribution in [3.63, 3.8) is 0 Å². The first-order valence-electron chi connectivity index (χ1n) is 5.42. The smallest absolute Gasteiger partial charge is 0.332 e. The van der Waals surface area contributed by atoms with Crippen molar-refractivity contribution in [1.29, 1.82) is 0 Å². The molecule has 1 aromatic rings. The van der Waals surface area contributed by atoms with Gasteiger partial charge in [0, 0.05) is 6.04 Å². The number of rotatable bonds is 5. The van der Waals surface area contributed by atoms with Gasteiger partial charge >= 0.3 is 10.2 Å². The molecule has 18 heavy (non-hydrogen) atoms. The number of ether oxygens (including phenoxy) is 1. The van der Waals surface area contributed by atoms with E-state index in [9.17, 15) is 17.1 Å². The predicted octanol–water partition coefficient (Wildman–Crippen LogP) is 1.00. The quantitative estimate of drug-likeness (QED) is 0.812. The van der Waals surface area contributed by atoms with Gasteiger partial charge in [-0.15, -0.1) is 3.89 Å². The molecular weight excluding hydrogens is 261 g/mol. The molecule has 1 aliphatic rings. The van der Waals surface area contributed by atoms with Gasteiger partial charge in [0.05, 0.1) is 4.90 Å². The number of hydrogen-bond acceptors (Lipinski definition) is 4. The van der Waals surface area contributed by atoms with Crippen LogP contribution < -0.4 is 10.1 Å². The Balaban J connectivity index is 1.87. The first-order valence-corrected chi connectivity index (χ1v) is 6.80. The summed E-state index contributed by atoms with van der Waals surface area (Å²) in [5.74, 6) is 0.0908. The third-order valence-electron chi connectivity index (χ3n) is 2.42. The van der Waals surface area contributed by atoms with Gasteiger partial charge in [-0.2, -0.15) is 8.42 Å². The normalized spacial score (nSPS) is 15.2. The van der Waals surface area contributed by atoms with E-state index in [2.05, 4.69) is 5.32 Å². The minimum absolute atomic E-state index is 0.141. The molecule has 1 amide bonds. The van der Waals surface area contributed by atoms with Crippen LogP contribution in [0.15, 0.2) is 29.2 Å². The highest BCUT2D eigenvalue weighted by molar-refractivity contribution is 7.86. The maximum absolute atomic E-state index is 12.6. The van der Waals surface area contributed by atoms with Gasteiger partial charge in [0.25, 0.3) is 5.91 Å². The summed E-state index contributed by atoms with van der Waals surface area (Å²) < 4.78 is 38.9. The molecule has 0 aromatic heterocycles. The number of benzene rings is 1. The summed E-state index contributed by atoms with van der Waals surface area (Å²) >= 11 is 0. The Kier molecular flexibility index (Phi) is 3.51. The zero-order chi connectivity index (χ0) is 13.2. The first kappa shape index (κ1) is 12.8. The van der Waals surface area contributed by atoms with Gasteiger partial charge in [-0.05, 0) is 37.1 Å². The SMILES string of the molecule is O=C(COc1ccc(S(=O)(=O)F)cc1)NC1CC1. The molecule has 1 saturated carbocycles. The second-order valence-electron chi connectivity index (χ2n) is 4.04. The second-order valence-corrected chi connectivity index (χ2v) is 5.39. The highest BCUT2D eigenvalue weighted by atomic mass is 32.3. The van der Waals surface area contributed by atoms with Crippen molar-refractivity contribution in [2.24, 2.45) is 0 Å². The third-order valence-corrected chi connectivity index (χ3v) is 3.25. The van der Waals surface area contributed by atoms with Crippen molar-refractivity contribution < 1.29 is 21.8 Å². The van der Waals surface area contributed by atoms with E-state index in [0.717, 1.165) is 25.0 Å². The minimum Gasteiger partial charge on any atom is -0.484 e. The van der Waals surface area contributed by atoms with E-state index in [0.29, 0.717) is 5.75 Å². The minimum atomic E-state index is -4.69. The first-order chi connectivity index (χ1) is 8.45. The lowest BCUT2D eigenvalue weighted by atomic mass is 10.3. The van der Waals surface area contributed by atoms with Gasteiger partial charge in [-0.1, -0.05) is 0 Å². The molecule has 0 unspecified atom stereocenters. The Morgan fingerprint density at radius 3 is 2.44 bits per heavy atom. The van der Waals surface area contributed by atoms with Crippen LogP contribution in [0.1, 0.15) is 12.8 Å². The molecule has 98 valence electrons. The lowest BCUT2D eigenvalue weighted by Gasteiger charge is -2.06. The molecule has 7 heteroatoms. The summed E-state index contributed by atoms with van der Waals surface area (Å²) in [5.41, 5.74) is 0. The number of amides is 1. The van der Waals surface area contributed by atoms with E-state index in [1.165, 1.54) is 12.1 Å². The Bertz CT molecular complexity index is 537. The van der Waals surface area contributed by atoms with E-state index < -0.39 is 15.1 Å². The lowest BCUT2D eigenvalue weighted by Crippen LogP contribution is -2.30. The van der Waals surface area contributed by atoms with Crippen molar-refractivity contribution in [2.75, 3.05) is 6.61 Å². The summed E-state index contributed by atoms with van der Waals surface area (Å²) in [6.07, 6.45) is 1.99. The van der Waals surface area contributed by atoms with Crippen LogP contribution >= 0.6 is 0 Å². The Morgan fingerprint density at radius 2 is 1.94 bits per heavy atom. The van der Waals surface area contributed by atoms with Crippen molar-refractivity contribution in [1.82, 2.24) is 5.32 Å². The van der Waals surface area contributed by atoms with Crippen molar-refractivity contribution in [3.05, 3.63) is 24.3 Å². The van der Waals surface area contributed by atoms with E-state index in [1.807, 2.05) is 0 Å². The van der Waals surface area contributed by atoms with Gasteiger partial charge in [-0.3, -0.25) is 4.79 Å². The number of carbonyl (C=O) groups is 1. The molecule has 0 bridgehead atoms. The van der Waals surface area contributed by atoms with Crippen LogP contribution in [0.5, 0.6) is 5.75 Å². The van der Waals surface area contributed by atoms with Gasteiger partial charge in [-0.25, -0.2) is 0 Å². The van der Waals surface area contributed by atoms with Crippen LogP contribution in [0.2, 0.25) is 0 Å². The summed E-state index contributed by atoms with van der Waals surface area (Å²) in [6, 6.07) is 5.04. The lowest BCUT2D eigenvalue weighted by molar-refractivity contribution is -0.123. The summed E-state index contributed by atoms with van der Waals surface area (Å²) in [5, 5.41) is 2.74. The van der Waals surface area contributed by atoms with Gasteiger partial charge in [0.15, 0.2) is 6.61 Å². The average Bonchev–Trinajstić information content (AvgIpc) is 3.10. The molecule has 0 atom stereocenters. The summed E-state index contributed by atoms with van der Waals surface area (Å²) in [6.45, 7) is -0.141. The number of carbonyl (C=O) groups excluding carboxylic acids is 1. The zero-order valence-electron chi connectivity index (χ0n) is 9.43. The molecule has 1 N–H and O–H groups in total. The molecule has 0 aliphatic heterocycles. The molecule has 0 heterocycles. The summed E-state index contributed by atoms with van der Waals surface area (Å²) in [7, 11) is -4.69. The molecule has 2 rings (SSSR count). The van der Waals surface area contributed by atoms with E-state index in [-0.39, 0.29) is 18.6 Å². The fourth-order valence-electron chi connectivity index (χ4n) is 1.34. The highest BCUT2D eigenvalue weighted by Gasteiger charge is 2.23. The maximum Gasteiger partial charge on any atom is 0.332 e. The largest absolute Gasteiger partial charge is 0.484 e. The topological polar surface area (TPSA) is 72.5 Å². The van der Waals surface area contributed by atoms with Crippen molar-refractivity contribution >= 4 is 16.1 Å². The van der Waals surface area contributed by atoms with Crippen LogP contribution in [-0.4, -0.2) is 27.0 Å². The van der Waals surface area contributed by atoms with E-state index in [1.54, 1.807) is 0 Å². The van der Waals surface area contributed by atoms with Crippen LogP contribution in [0.25, 0.3) is 0 Å². The molecule has 1 aliphatic carbocycles. The van der Waals surface area contributed by atoms with Gasteiger partial charge in [0.1, 0.15) is 5.75 Å². The standard InChI is InChI=1S/C11H12FNO4S/c12-18(15,16)10-5-3-9(4-6-10)17-7-11(14)13-8-1-2-8/h3-6,8H,1-2,7H2,(H,13,14). The van der Waals surface area contributed by atoms with E-state index >= 15 is 0 Å². The number of hydrogen-bond donors (Lipinski definition) is 1. The zero-order valence-corrected chi connectivity index (χ0v) is 10.2. The molecule has 5 nitrogen and oxygen atoms in total. The van der Waals surface area contributed by atoms with Crippen LogP contribution in [0.3, 0.4) is 0 Å². The third kappa shape index (κ3) is 3.69. The molecule has 1 aromatic carbocycles. The molecule has 0 spiro atoms. The van der Waals surface area contributed by atoms with Gasteiger partial charge in [0.2, 0.25) is 0 Å². The fraction of sp³-hybridized carbons (Fsp3) is 0.364. The Labute approximate surface area is 104 Å². The second kappa shape index (κ2) is 4.93. The highest BCUT2D eigenvalue weighted by Crippen LogP contribution is 2.19. The summed E-state index contributed by atoms with van der Waals surface area (Å²) in [4.78, 5) is 10.9.